The Balaban J connectivity index is 1.32. The Kier molecular flexibility index (Phi) is 6.39. The van der Waals surface area contributed by atoms with Crippen molar-refractivity contribution in [2.24, 2.45) is 0 Å². The van der Waals surface area contributed by atoms with E-state index in [9.17, 15) is 0 Å². The third-order valence-corrected chi connectivity index (χ3v) is 9.36. The summed E-state index contributed by atoms with van der Waals surface area (Å²) in [5.41, 5.74) is 9.55. The molecule has 0 fully saturated rings. The van der Waals surface area contributed by atoms with E-state index in [1.807, 2.05) is 97.3 Å². The van der Waals surface area contributed by atoms with Gasteiger partial charge in [0.1, 0.15) is 5.58 Å². The van der Waals surface area contributed by atoms with Crippen molar-refractivity contribution in [2.75, 3.05) is 0 Å². The van der Waals surface area contributed by atoms with Gasteiger partial charge in [-0.15, -0.1) is 0 Å². The Morgan fingerprint density at radius 3 is 1.76 bits per heavy atom. The number of nitrogens with zero attached hydrogens (tertiary/aromatic N) is 5. The zero-order chi connectivity index (χ0) is 33.0. The SMILES string of the molecule is c1ccc(-c2nc(-c3ccccc3)nc(-c3ccc4oc5c(ccc6c7ccccc7n(-c7ccccc7)c65)c4c3-c3ccncc3)n2)cc1. The highest BCUT2D eigenvalue weighted by molar-refractivity contribution is 6.24. The predicted molar refractivity (Wildman–Crippen MR) is 201 cm³/mol. The first-order chi connectivity index (χ1) is 24.8. The highest BCUT2D eigenvalue weighted by atomic mass is 16.3. The Morgan fingerprint density at radius 2 is 1.06 bits per heavy atom. The monoisotopic (exact) mass is 641 g/mol. The molecule has 0 spiro atoms. The first-order valence-electron chi connectivity index (χ1n) is 16.6. The Labute approximate surface area is 287 Å². The average Bonchev–Trinajstić information content (AvgIpc) is 3.75. The fourth-order valence-electron chi connectivity index (χ4n) is 7.15. The van der Waals surface area contributed by atoms with Crippen molar-refractivity contribution in [3.05, 3.63) is 164 Å². The standard InChI is InChI=1S/C44H27N5O/c1-4-12-29(13-5-1)42-46-43(30-14-6-2-7-15-30)48-44(47-42)35-22-23-37-39(38(35)28-24-26-45-27-25-28)34-21-20-33-32-18-10-11-19-36(32)49(40(33)41(34)50-37)31-16-8-3-9-17-31/h1-27H. The van der Waals surface area contributed by atoms with Crippen LogP contribution in [-0.2, 0) is 0 Å². The van der Waals surface area contributed by atoms with Gasteiger partial charge in [0.2, 0.25) is 0 Å². The minimum absolute atomic E-state index is 0.584. The van der Waals surface area contributed by atoms with Crippen LogP contribution in [0.25, 0.3) is 94.7 Å². The second kappa shape index (κ2) is 11.4. The van der Waals surface area contributed by atoms with Crippen LogP contribution >= 0.6 is 0 Å². The van der Waals surface area contributed by atoms with Gasteiger partial charge in [0, 0.05) is 61.9 Å². The minimum Gasteiger partial charge on any atom is -0.454 e. The molecule has 0 aliphatic rings. The second-order valence-electron chi connectivity index (χ2n) is 12.3. The number of hydrogen-bond donors (Lipinski definition) is 0. The van der Waals surface area contributed by atoms with E-state index in [-0.39, 0.29) is 0 Å². The molecule has 10 aromatic rings. The van der Waals surface area contributed by atoms with E-state index < -0.39 is 0 Å². The summed E-state index contributed by atoms with van der Waals surface area (Å²) in [6.07, 6.45) is 3.65. The summed E-state index contributed by atoms with van der Waals surface area (Å²) in [5, 5.41) is 4.33. The largest absolute Gasteiger partial charge is 0.454 e. The lowest BCUT2D eigenvalue weighted by molar-refractivity contribution is 0.671. The molecule has 234 valence electrons. The quantitative estimate of drug-likeness (QED) is 0.187. The van der Waals surface area contributed by atoms with Crippen LogP contribution < -0.4 is 0 Å². The van der Waals surface area contributed by atoms with E-state index in [0.717, 1.165) is 71.9 Å². The highest BCUT2D eigenvalue weighted by Crippen LogP contribution is 2.46. The van der Waals surface area contributed by atoms with Crippen LogP contribution in [0.15, 0.2) is 168 Å². The summed E-state index contributed by atoms with van der Waals surface area (Å²) in [6.45, 7) is 0. The fraction of sp³-hybridized carbons (Fsp3) is 0. The van der Waals surface area contributed by atoms with E-state index in [1.54, 1.807) is 0 Å². The molecule has 10 rings (SSSR count). The summed E-state index contributed by atoms with van der Waals surface area (Å²) >= 11 is 0. The van der Waals surface area contributed by atoms with Crippen molar-refractivity contribution >= 4 is 43.7 Å². The minimum atomic E-state index is 0.584. The predicted octanol–water partition coefficient (Wildman–Crippen LogP) is 10.9. The van der Waals surface area contributed by atoms with Gasteiger partial charge >= 0.3 is 0 Å². The van der Waals surface area contributed by atoms with Crippen molar-refractivity contribution in [3.63, 3.8) is 0 Å². The normalized spacial score (nSPS) is 11.6. The summed E-state index contributed by atoms with van der Waals surface area (Å²) in [5.74, 6) is 1.81. The van der Waals surface area contributed by atoms with Gasteiger partial charge in [0.05, 0.1) is 11.0 Å². The van der Waals surface area contributed by atoms with Crippen molar-refractivity contribution < 1.29 is 4.42 Å². The molecule has 0 aliphatic heterocycles. The van der Waals surface area contributed by atoms with Crippen LogP contribution in [0.2, 0.25) is 0 Å². The van der Waals surface area contributed by atoms with Gasteiger partial charge in [-0.25, -0.2) is 15.0 Å². The molecule has 0 atom stereocenters. The van der Waals surface area contributed by atoms with Crippen LogP contribution in [0.5, 0.6) is 0 Å². The molecule has 50 heavy (non-hydrogen) atoms. The van der Waals surface area contributed by atoms with Gasteiger partial charge in [-0.1, -0.05) is 103 Å². The van der Waals surface area contributed by atoms with Gasteiger partial charge < -0.3 is 8.98 Å². The number of benzene rings is 6. The third kappa shape index (κ3) is 4.43. The first kappa shape index (κ1) is 28.1. The third-order valence-electron chi connectivity index (χ3n) is 9.36. The first-order valence-corrected chi connectivity index (χ1v) is 16.6. The lowest BCUT2D eigenvalue weighted by Gasteiger charge is -2.13. The maximum Gasteiger partial charge on any atom is 0.164 e. The molecular formula is C44H27N5O. The van der Waals surface area contributed by atoms with E-state index in [2.05, 4.69) is 76.3 Å². The molecule has 0 amide bonds. The number of pyridine rings is 1. The maximum absolute atomic E-state index is 6.91. The van der Waals surface area contributed by atoms with Gasteiger partial charge in [-0.3, -0.25) is 4.98 Å². The van der Waals surface area contributed by atoms with Crippen molar-refractivity contribution in [2.45, 2.75) is 0 Å². The van der Waals surface area contributed by atoms with Crippen LogP contribution in [-0.4, -0.2) is 24.5 Å². The molecular weight excluding hydrogens is 615 g/mol. The number of para-hydroxylation sites is 2. The number of rotatable bonds is 5. The van der Waals surface area contributed by atoms with Gasteiger partial charge in [-0.05, 0) is 54.1 Å². The molecule has 0 radical (unpaired) electrons. The molecule has 6 heteroatoms. The number of fused-ring (bicyclic) bond motifs is 7. The van der Waals surface area contributed by atoms with Crippen LogP contribution in [0.3, 0.4) is 0 Å². The molecule has 4 heterocycles. The van der Waals surface area contributed by atoms with Gasteiger partial charge in [0.15, 0.2) is 23.1 Å². The molecule has 0 saturated heterocycles. The molecule has 6 aromatic carbocycles. The number of furan rings is 1. The van der Waals surface area contributed by atoms with Crippen molar-refractivity contribution in [1.29, 1.82) is 0 Å². The Morgan fingerprint density at radius 1 is 0.460 bits per heavy atom. The average molecular weight is 642 g/mol. The van der Waals surface area contributed by atoms with Crippen LogP contribution in [0, 0.1) is 0 Å². The van der Waals surface area contributed by atoms with E-state index in [0.29, 0.717) is 17.5 Å². The van der Waals surface area contributed by atoms with Gasteiger partial charge in [0.25, 0.3) is 0 Å². The molecule has 0 aliphatic carbocycles. The highest BCUT2D eigenvalue weighted by Gasteiger charge is 2.24. The molecule has 0 N–H and O–H groups in total. The maximum atomic E-state index is 6.91. The topological polar surface area (TPSA) is 69.6 Å². The molecule has 6 nitrogen and oxygen atoms in total. The summed E-state index contributed by atoms with van der Waals surface area (Å²) in [6, 6.07) is 51.7. The summed E-state index contributed by atoms with van der Waals surface area (Å²) in [7, 11) is 0. The zero-order valence-electron chi connectivity index (χ0n) is 26.7. The van der Waals surface area contributed by atoms with Crippen molar-refractivity contribution in [3.8, 4) is 51.0 Å². The fourth-order valence-corrected chi connectivity index (χ4v) is 7.15. The molecule has 0 saturated carbocycles. The lowest BCUT2D eigenvalue weighted by Crippen LogP contribution is -2.01. The van der Waals surface area contributed by atoms with E-state index in [1.165, 1.54) is 5.39 Å². The van der Waals surface area contributed by atoms with E-state index in [4.69, 9.17) is 19.4 Å². The lowest BCUT2D eigenvalue weighted by atomic mass is 9.94. The Bertz CT molecular complexity index is 2790. The smallest absolute Gasteiger partial charge is 0.164 e. The van der Waals surface area contributed by atoms with Gasteiger partial charge in [-0.2, -0.15) is 0 Å². The van der Waals surface area contributed by atoms with E-state index >= 15 is 0 Å². The summed E-state index contributed by atoms with van der Waals surface area (Å²) < 4.78 is 9.22. The van der Waals surface area contributed by atoms with Crippen molar-refractivity contribution in [1.82, 2.24) is 24.5 Å². The number of aromatic nitrogens is 5. The molecule has 0 bridgehead atoms. The summed E-state index contributed by atoms with van der Waals surface area (Å²) in [4.78, 5) is 19.5. The van der Waals surface area contributed by atoms with Crippen LogP contribution in [0.1, 0.15) is 0 Å². The zero-order valence-corrected chi connectivity index (χ0v) is 26.7. The molecule has 4 aromatic heterocycles. The van der Waals surface area contributed by atoms with Crippen LogP contribution in [0.4, 0.5) is 0 Å². The number of hydrogen-bond acceptors (Lipinski definition) is 5. The second-order valence-corrected chi connectivity index (χ2v) is 12.3. The Hall–Kier alpha value is -6.92. The molecule has 0 unspecified atom stereocenters.